The molecule has 0 amide bonds. The number of rotatable bonds is 4. The fourth-order valence-electron chi connectivity index (χ4n) is 2.80. The van der Waals surface area contributed by atoms with Crippen molar-refractivity contribution < 1.29 is 14.6 Å². The molecular formula is C15H19N3O4. The van der Waals surface area contributed by atoms with E-state index < -0.39 is 11.7 Å². The third-order valence-corrected chi connectivity index (χ3v) is 3.85. The molecule has 2 aromatic heterocycles. The molecule has 1 aliphatic rings. The Labute approximate surface area is 127 Å². The fraction of sp³-hybridized carbons (Fsp3) is 0.467. The molecule has 0 spiro atoms. The highest BCUT2D eigenvalue weighted by Crippen LogP contribution is 2.26. The van der Waals surface area contributed by atoms with Crippen LogP contribution < -0.4 is 15.8 Å². The zero-order chi connectivity index (χ0) is 15.5. The van der Waals surface area contributed by atoms with Crippen molar-refractivity contribution in [3.63, 3.8) is 0 Å². The van der Waals surface area contributed by atoms with Crippen LogP contribution in [0.3, 0.4) is 0 Å². The van der Waals surface area contributed by atoms with Crippen molar-refractivity contribution in [2.24, 2.45) is 0 Å². The van der Waals surface area contributed by atoms with Gasteiger partial charge in [0.25, 0.3) is 0 Å². The molecule has 2 aromatic rings. The summed E-state index contributed by atoms with van der Waals surface area (Å²) in [5, 5.41) is 22.9. The van der Waals surface area contributed by atoms with E-state index in [1.165, 1.54) is 0 Å². The number of hydrogen-bond donors (Lipinski definition) is 3. The second kappa shape index (κ2) is 6.43. The zero-order valence-electron chi connectivity index (χ0n) is 12.2. The first-order chi connectivity index (χ1) is 10.7. The predicted molar refractivity (Wildman–Crippen MR) is 82.2 cm³/mol. The Morgan fingerprint density at radius 2 is 2.18 bits per heavy atom. The molecule has 3 N–H and O–H groups in total. The van der Waals surface area contributed by atoms with Gasteiger partial charge >= 0.3 is 5.63 Å². The SMILES string of the molecule is O=c1oc2ncccc2c(CC(O)CO)c1N1CCNCC1. The zero-order valence-corrected chi connectivity index (χ0v) is 12.2. The van der Waals surface area contributed by atoms with Crippen molar-refractivity contribution in [1.82, 2.24) is 10.3 Å². The molecule has 7 heteroatoms. The number of nitrogens with one attached hydrogen (secondary N) is 1. The minimum atomic E-state index is -0.924. The Balaban J connectivity index is 2.17. The second-order valence-electron chi connectivity index (χ2n) is 5.35. The van der Waals surface area contributed by atoms with Gasteiger partial charge in [-0.25, -0.2) is 9.78 Å². The van der Waals surface area contributed by atoms with Crippen LogP contribution in [0, 0.1) is 0 Å². The summed E-state index contributed by atoms with van der Waals surface area (Å²) in [6.45, 7) is 2.60. The molecule has 1 fully saturated rings. The van der Waals surface area contributed by atoms with Gasteiger partial charge in [-0.3, -0.25) is 0 Å². The summed E-state index contributed by atoms with van der Waals surface area (Å²) in [5.41, 5.74) is 0.956. The molecular weight excluding hydrogens is 286 g/mol. The molecule has 0 saturated carbocycles. The first kappa shape index (κ1) is 15.0. The van der Waals surface area contributed by atoms with Gasteiger partial charge < -0.3 is 24.8 Å². The van der Waals surface area contributed by atoms with Crippen molar-refractivity contribution >= 4 is 16.8 Å². The van der Waals surface area contributed by atoms with Crippen LogP contribution in [0.2, 0.25) is 0 Å². The minimum Gasteiger partial charge on any atom is -0.402 e. The van der Waals surface area contributed by atoms with Gasteiger partial charge in [0.2, 0.25) is 5.71 Å². The third kappa shape index (κ3) is 2.83. The summed E-state index contributed by atoms with van der Waals surface area (Å²) in [6, 6.07) is 3.58. The molecule has 7 nitrogen and oxygen atoms in total. The number of pyridine rings is 1. The molecule has 3 rings (SSSR count). The standard InChI is InChI=1S/C15H19N3O4/c19-9-10(20)8-12-11-2-1-3-17-14(11)22-15(21)13(12)18-6-4-16-5-7-18/h1-3,10,16,19-20H,4-9H2. The first-order valence-electron chi connectivity index (χ1n) is 7.36. The van der Waals surface area contributed by atoms with E-state index in [9.17, 15) is 9.90 Å². The van der Waals surface area contributed by atoms with Crippen LogP contribution in [0.5, 0.6) is 0 Å². The highest BCUT2D eigenvalue weighted by atomic mass is 16.4. The van der Waals surface area contributed by atoms with Gasteiger partial charge in [0.1, 0.15) is 5.69 Å². The van der Waals surface area contributed by atoms with Gasteiger partial charge in [-0.15, -0.1) is 0 Å². The van der Waals surface area contributed by atoms with Crippen LogP contribution in [-0.4, -0.2) is 54.1 Å². The van der Waals surface area contributed by atoms with Gasteiger partial charge in [0, 0.05) is 44.2 Å². The quantitative estimate of drug-likeness (QED) is 0.700. The Kier molecular flexibility index (Phi) is 4.37. The van der Waals surface area contributed by atoms with E-state index in [0.717, 1.165) is 13.1 Å². The highest BCUT2D eigenvalue weighted by molar-refractivity contribution is 5.82. The molecule has 1 unspecified atom stereocenters. The Hall–Kier alpha value is -1.96. The second-order valence-corrected chi connectivity index (χ2v) is 5.35. The summed E-state index contributed by atoms with van der Waals surface area (Å²) in [6.07, 6.45) is 0.817. The van der Waals surface area contributed by atoms with Crippen LogP contribution in [-0.2, 0) is 6.42 Å². The Bertz CT molecular complexity index is 709. The molecule has 118 valence electrons. The van der Waals surface area contributed by atoms with E-state index in [1.54, 1.807) is 12.3 Å². The minimum absolute atomic E-state index is 0.184. The van der Waals surface area contributed by atoms with E-state index in [1.807, 2.05) is 11.0 Å². The summed E-state index contributed by atoms with van der Waals surface area (Å²) in [4.78, 5) is 18.5. The lowest BCUT2D eigenvalue weighted by Crippen LogP contribution is -2.45. The summed E-state index contributed by atoms with van der Waals surface area (Å²) in [5.74, 6) is 0. The van der Waals surface area contributed by atoms with Crippen LogP contribution >= 0.6 is 0 Å². The van der Waals surface area contributed by atoms with E-state index >= 15 is 0 Å². The molecule has 0 radical (unpaired) electrons. The summed E-state index contributed by atoms with van der Waals surface area (Å²) >= 11 is 0. The number of aliphatic hydroxyl groups is 2. The smallest absolute Gasteiger partial charge is 0.361 e. The maximum Gasteiger partial charge on any atom is 0.361 e. The topological polar surface area (TPSA) is 98.8 Å². The Morgan fingerprint density at radius 1 is 1.41 bits per heavy atom. The van der Waals surface area contributed by atoms with Gasteiger partial charge in [-0.1, -0.05) is 0 Å². The van der Waals surface area contributed by atoms with Gasteiger partial charge in [0.05, 0.1) is 12.7 Å². The largest absolute Gasteiger partial charge is 0.402 e. The fourth-order valence-corrected chi connectivity index (χ4v) is 2.80. The van der Waals surface area contributed by atoms with Crippen molar-refractivity contribution in [2.45, 2.75) is 12.5 Å². The molecule has 22 heavy (non-hydrogen) atoms. The number of aliphatic hydroxyl groups excluding tert-OH is 2. The maximum absolute atomic E-state index is 12.4. The van der Waals surface area contributed by atoms with E-state index in [2.05, 4.69) is 10.3 Å². The van der Waals surface area contributed by atoms with E-state index in [-0.39, 0.29) is 18.7 Å². The lowest BCUT2D eigenvalue weighted by atomic mass is 10.0. The summed E-state index contributed by atoms with van der Waals surface area (Å²) < 4.78 is 5.33. The monoisotopic (exact) mass is 305 g/mol. The average molecular weight is 305 g/mol. The van der Waals surface area contributed by atoms with Gasteiger partial charge in [0.15, 0.2) is 0 Å². The van der Waals surface area contributed by atoms with Crippen molar-refractivity contribution in [3.8, 4) is 0 Å². The number of aromatic nitrogens is 1. The van der Waals surface area contributed by atoms with Crippen LogP contribution in [0.25, 0.3) is 11.1 Å². The summed E-state index contributed by atoms with van der Waals surface area (Å²) in [7, 11) is 0. The number of piperazine rings is 1. The van der Waals surface area contributed by atoms with E-state index in [0.29, 0.717) is 29.7 Å². The number of anilines is 1. The van der Waals surface area contributed by atoms with Crippen LogP contribution in [0.4, 0.5) is 5.69 Å². The molecule has 0 aromatic carbocycles. The van der Waals surface area contributed by atoms with Crippen molar-refractivity contribution in [1.29, 1.82) is 0 Å². The third-order valence-electron chi connectivity index (χ3n) is 3.85. The molecule has 1 aliphatic heterocycles. The molecule has 1 atom stereocenters. The van der Waals surface area contributed by atoms with Crippen molar-refractivity contribution in [2.75, 3.05) is 37.7 Å². The normalized spacial score (nSPS) is 16.9. The highest BCUT2D eigenvalue weighted by Gasteiger charge is 2.23. The number of nitrogens with zero attached hydrogens (tertiary/aromatic N) is 2. The average Bonchev–Trinajstić information content (AvgIpc) is 2.55. The molecule has 0 aliphatic carbocycles. The van der Waals surface area contributed by atoms with Gasteiger partial charge in [-0.2, -0.15) is 0 Å². The molecule has 1 saturated heterocycles. The molecule has 0 bridgehead atoms. The Morgan fingerprint density at radius 3 is 2.91 bits per heavy atom. The predicted octanol–water partition coefficient (Wildman–Crippen LogP) is -0.507. The number of hydrogen-bond acceptors (Lipinski definition) is 7. The maximum atomic E-state index is 12.4. The number of fused-ring (bicyclic) bond motifs is 1. The van der Waals surface area contributed by atoms with E-state index in [4.69, 9.17) is 9.52 Å². The van der Waals surface area contributed by atoms with Gasteiger partial charge in [-0.05, 0) is 17.7 Å². The lowest BCUT2D eigenvalue weighted by Gasteiger charge is -2.30. The van der Waals surface area contributed by atoms with Crippen molar-refractivity contribution in [3.05, 3.63) is 34.3 Å². The van der Waals surface area contributed by atoms with Crippen LogP contribution in [0.15, 0.2) is 27.5 Å². The lowest BCUT2D eigenvalue weighted by molar-refractivity contribution is 0.0957. The van der Waals surface area contributed by atoms with Crippen LogP contribution in [0.1, 0.15) is 5.56 Å². The molecule has 3 heterocycles. The first-order valence-corrected chi connectivity index (χ1v) is 7.36.